The first-order valence-electron chi connectivity index (χ1n) is 9.33. The number of aromatic nitrogens is 1. The van der Waals surface area contributed by atoms with Gasteiger partial charge in [-0.3, -0.25) is 4.72 Å². The number of carboxylic acid groups (broad SMARTS) is 1. The van der Waals surface area contributed by atoms with Crippen molar-refractivity contribution in [3.8, 4) is 21.8 Å². The second-order valence-corrected chi connectivity index (χ2v) is 9.69. The third-order valence-corrected chi connectivity index (χ3v) is 7.06. The maximum atomic E-state index is 12.6. The summed E-state index contributed by atoms with van der Waals surface area (Å²) in [6.45, 7) is 2.01. The highest BCUT2D eigenvalue weighted by Gasteiger charge is 2.16. The number of thiazole rings is 1. The van der Waals surface area contributed by atoms with Gasteiger partial charge in [-0.2, -0.15) is 0 Å². The maximum absolute atomic E-state index is 12.6. The van der Waals surface area contributed by atoms with Gasteiger partial charge in [0.2, 0.25) is 0 Å². The predicted molar refractivity (Wildman–Crippen MR) is 122 cm³/mol. The van der Waals surface area contributed by atoms with Crippen LogP contribution in [0.15, 0.2) is 83.8 Å². The number of aromatic carboxylic acids is 1. The average Bonchev–Trinajstić information content (AvgIpc) is 3.16. The van der Waals surface area contributed by atoms with Crippen LogP contribution in [0.5, 0.6) is 0 Å². The Morgan fingerprint density at radius 2 is 1.55 bits per heavy atom. The zero-order chi connectivity index (χ0) is 22.0. The quantitative estimate of drug-likeness (QED) is 0.416. The van der Waals surface area contributed by atoms with E-state index < -0.39 is 16.0 Å². The van der Waals surface area contributed by atoms with Crippen molar-refractivity contribution < 1.29 is 18.3 Å². The third-order valence-electron chi connectivity index (χ3n) is 4.64. The minimum absolute atomic E-state index is 0.00979. The SMILES string of the molecule is Cc1sc(-c2ccccc2)nc1-c1ccc(NS(=O)(=O)c2ccc(C(=O)O)cc2)cc1. The Morgan fingerprint density at radius 1 is 0.903 bits per heavy atom. The second kappa shape index (κ2) is 8.33. The number of nitrogens with one attached hydrogen (secondary N) is 1. The van der Waals surface area contributed by atoms with Gasteiger partial charge in [0.1, 0.15) is 5.01 Å². The molecule has 1 heterocycles. The van der Waals surface area contributed by atoms with Gasteiger partial charge in [0.15, 0.2) is 0 Å². The van der Waals surface area contributed by atoms with Crippen LogP contribution in [0, 0.1) is 6.92 Å². The van der Waals surface area contributed by atoms with Crippen molar-refractivity contribution in [3.05, 3.63) is 89.3 Å². The molecule has 3 aromatic carbocycles. The van der Waals surface area contributed by atoms with Gasteiger partial charge in [-0.1, -0.05) is 42.5 Å². The lowest BCUT2D eigenvalue weighted by Gasteiger charge is -2.09. The lowest BCUT2D eigenvalue weighted by molar-refractivity contribution is 0.0696. The average molecular weight is 451 g/mol. The third kappa shape index (κ3) is 4.50. The lowest BCUT2D eigenvalue weighted by atomic mass is 10.1. The highest BCUT2D eigenvalue weighted by molar-refractivity contribution is 7.92. The van der Waals surface area contributed by atoms with E-state index in [1.165, 1.54) is 24.3 Å². The van der Waals surface area contributed by atoms with Crippen LogP contribution in [-0.2, 0) is 10.0 Å². The lowest BCUT2D eigenvalue weighted by Crippen LogP contribution is -2.13. The highest BCUT2D eigenvalue weighted by Crippen LogP contribution is 2.33. The van der Waals surface area contributed by atoms with E-state index in [0.29, 0.717) is 5.69 Å². The predicted octanol–water partition coefficient (Wildman–Crippen LogP) is 5.28. The van der Waals surface area contributed by atoms with E-state index in [1.807, 2.05) is 49.4 Å². The molecule has 0 aliphatic carbocycles. The van der Waals surface area contributed by atoms with E-state index in [2.05, 4.69) is 4.72 Å². The zero-order valence-electron chi connectivity index (χ0n) is 16.4. The fourth-order valence-corrected chi connectivity index (χ4v) is 5.06. The summed E-state index contributed by atoms with van der Waals surface area (Å²) in [6, 6.07) is 22.0. The first-order chi connectivity index (χ1) is 14.8. The number of carbonyl (C=O) groups is 1. The molecule has 0 amide bonds. The molecule has 0 atom stereocenters. The molecule has 0 fully saturated rings. The summed E-state index contributed by atoms with van der Waals surface area (Å²) in [4.78, 5) is 16.8. The van der Waals surface area contributed by atoms with E-state index in [1.54, 1.807) is 23.5 Å². The summed E-state index contributed by atoms with van der Waals surface area (Å²) >= 11 is 1.61. The molecule has 31 heavy (non-hydrogen) atoms. The van der Waals surface area contributed by atoms with Crippen molar-refractivity contribution >= 4 is 33.0 Å². The normalized spacial score (nSPS) is 11.3. The Labute approximate surface area is 183 Å². The molecule has 2 N–H and O–H groups in total. The standard InChI is InChI=1S/C23H18N2O4S2/c1-15-21(24-22(30-15)17-5-3-2-4-6-17)16-7-11-19(12-8-16)25-31(28,29)20-13-9-18(10-14-20)23(26)27/h2-14,25H,1H3,(H,26,27). The Bertz CT molecular complexity index is 1330. The fourth-order valence-electron chi connectivity index (χ4n) is 3.06. The number of nitrogens with zero attached hydrogens (tertiary/aromatic N) is 1. The van der Waals surface area contributed by atoms with Gasteiger partial charge in [0.05, 0.1) is 16.2 Å². The van der Waals surface area contributed by atoms with Crippen LogP contribution in [0.4, 0.5) is 5.69 Å². The Kier molecular flexibility index (Phi) is 5.58. The van der Waals surface area contributed by atoms with E-state index >= 15 is 0 Å². The van der Waals surface area contributed by atoms with Gasteiger partial charge >= 0.3 is 5.97 Å². The number of anilines is 1. The van der Waals surface area contributed by atoms with Gasteiger partial charge in [-0.25, -0.2) is 18.2 Å². The minimum atomic E-state index is -3.83. The van der Waals surface area contributed by atoms with Crippen molar-refractivity contribution in [2.24, 2.45) is 0 Å². The van der Waals surface area contributed by atoms with Crippen molar-refractivity contribution in [1.82, 2.24) is 4.98 Å². The molecule has 0 aliphatic rings. The van der Waals surface area contributed by atoms with Crippen LogP contribution >= 0.6 is 11.3 Å². The Balaban J connectivity index is 1.55. The monoisotopic (exact) mass is 450 g/mol. The number of sulfonamides is 1. The van der Waals surface area contributed by atoms with E-state index in [0.717, 1.165) is 26.7 Å². The van der Waals surface area contributed by atoms with Crippen LogP contribution < -0.4 is 4.72 Å². The molecule has 0 saturated heterocycles. The van der Waals surface area contributed by atoms with E-state index in [9.17, 15) is 13.2 Å². The fraction of sp³-hybridized carbons (Fsp3) is 0.0435. The van der Waals surface area contributed by atoms with Crippen LogP contribution in [0.3, 0.4) is 0 Å². The van der Waals surface area contributed by atoms with Crippen LogP contribution in [0.2, 0.25) is 0 Å². The van der Waals surface area contributed by atoms with Crippen LogP contribution in [0.1, 0.15) is 15.2 Å². The van der Waals surface area contributed by atoms with E-state index in [4.69, 9.17) is 10.1 Å². The summed E-state index contributed by atoms with van der Waals surface area (Å²) in [5.41, 5.74) is 3.24. The molecule has 0 spiro atoms. The van der Waals surface area contributed by atoms with Gasteiger partial charge in [-0.05, 0) is 43.3 Å². The zero-order valence-corrected chi connectivity index (χ0v) is 18.1. The molecular formula is C23H18N2O4S2. The first-order valence-corrected chi connectivity index (χ1v) is 11.6. The molecule has 8 heteroatoms. The largest absolute Gasteiger partial charge is 0.478 e. The molecule has 6 nitrogen and oxygen atoms in total. The topological polar surface area (TPSA) is 96.4 Å². The molecule has 4 rings (SSSR count). The summed E-state index contributed by atoms with van der Waals surface area (Å²) in [5, 5.41) is 9.88. The van der Waals surface area contributed by atoms with Gasteiger partial charge in [0, 0.05) is 21.7 Å². The molecule has 0 bridgehead atoms. The molecule has 0 saturated carbocycles. The number of benzene rings is 3. The van der Waals surface area contributed by atoms with Crippen molar-refractivity contribution in [3.63, 3.8) is 0 Å². The second-order valence-electron chi connectivity index (χ2n) is 6.80. The number of carboxylic acids is 1. The molecule has 4 aromatic rings. The number of rotatable bonds is 6. The molecule has 156 valence electrons. The smallest absolute Gasteiger partial charge is 0.335 e. The Hall–Kier alpha value is -3.49. The summed E-state index contributed by atoms with van der Waals surface area (Å²) in [5.74, 6) is -1.11. The summed E-state index contributed by atoms with van der Waals surface area (Å²) in [7, 11) is -3.83. The molecule has 0 unspecified atom stereocenters. The molecular weight excluding hydrogens is 432 g/mol. The maximum Gasteiger partial charge on any atom is 0.335 e. The van der Waals surface area contributed by atoms with Crippen molar-refractivity contribution in [2.75, 3.05) is 4.72 Å². The number of hydrogen-bond donors (Lipinski definition) is 2. The minimum Gasteiger partial charge on any atom is -0.478 e. The number of aryl methyl sites for hydroxylation is 1. The van der Waals surface area contributed by atoms with Gasteiger partial charge in [0.25, 0.3) is 10.0 Å². The molecule has 0 aliphatic heterocycles. The van der Waals surface area contributed by atoms with Crippen LogP contribution in [-0.4, -0.2) is 24.5 Å². The molecule has 1 aromatic heterocycles. The highest BCUT2D eigenvalue weighted by atomic mass is 32.2. The summed E-state index contributed by atoms with van der Waals surface area (Å²) in [6.07, 6.45) is 0. The first kappa shape index (κ1) is 20.8. The van der Waals surface area contributed by atoms with Gasteiger partial charge in [-0.15, -0.1) is 11.3 Å². The van der Waals surface area contributed by atoms with E-state index in [-0.39, 0.29) is 10.5 Å². The van der Waals surface area contributed by atoms with Crippen molar-refractivity contribution in [2.45, 2.75) is 11.8 Å². The Morgan fingerprint density at radius 3 is 2.16 bits per heavy atom. The molecule has 0 radical (unpaired) electrons. The van der Waals surface area contributed by atoms with Crippen molar-refractivity contribution in [1.29, 1.82) is 0 Å². The summed E-state index contributed by atoms with van der Waals surface area (Å²) < 4.78 is 27.7. The number of hydrogen-bond acceptors (Lipinski definition) is 5. The van der Waals surface area contributed by atoms with Gasteiger partial charge < -0.3 is 5.11 Å². The van der Waals surface area contributed by atoms with Crippen LogP contribution in [0.25, 0.3) is 21.8 Å².